The summed E-state index contributed by atoms with van der Waals surface area (Å²) in [6, 6.07) is 0. The molecule has 0 atom stereocenters. The van der Waals surface area contributed by atoms with Gasteiger partial charge in [0.1, 0.15) is 0 Å². The van der Waals surface area contributed by atoms with Gasteiger partial charge in [-0.05, 0) is 38.0 Å². The largest absolute Gasteiger partial charge is 0.382 e. The lowest BCUT2D eigenvalue weighted by Gasteiger charge is -2.68. The molecule has 3 aliphatic carbocycles. The lowest BCUT2D eigenvalue weighted by molar-refractivity contribution is -0.0850. The van der Waals surface area contributed by atoms with Gasteiger partial charge < -0.3 is 4.74 Å². The van der Waals surface area contributed by atoms with Crippen molar-refractivity contribution in [1.82, 2.24) is 0 Å². The van der Waals surface area contributed by atoms with E-state index in [4.69, 9.17) is 4.74 Å². The second kappa shape index (κ2) is 2.59. The summed E-state index contributed by atoms with van der Waals surface area (Å²) >= 11 is 2.62. The monoisotopic (exact) mass is 266 g/mol. The van der Waals surface area contributed by atoms with E-state index in [9.17, 15) is 0 Å². The first kappa shape index (κ1) is 8.30. The Morgan fingerprint density at radius 3 is 2.45 bits per heavy atom. The zero-order valence-electron chi connectivity index (χ0n) is 7.03. The Balaban J connectivity index is 1.66. The van der Waals surface area contributed by atoms with Gasteiger partial charge in [0.15, 0.2) is 0 Å². The zero-order valence-corrected chi connectivity index (χ0v) is 9.19. The van der Waals surface area contributed by atoms with Crippen molar-refractivity contribution in [2.45, 2.75) is 36.0 Å². The topological polar surface area (TPSA) is 9.23 Å². The highest BCUT2D eigenvalue weighted by Gasteiger charge is 2.65. The van der Waals surface area contributed by atoms with Gasteiger partial charge >= 0.3 is 0 Å². The van der Waals surface area contributed by atoms with Gasteiger partial charge in [-0.1, -0.05) is 22.6 Å². The Morgan fingerprint density at radius 1 is 1.36 bits per heavy atom. The summed E-state index contributed by atoms with van der Waals surface area (Å²) in [5.41, 5.74) is 0.746. The molecule has 0 unspecified atom stereocenters. The Bertz CT molecular complexity index is 147. The first-order valence-electron chi connectivity index (χ1n) is 4.45. The summed E-state index contributed by atoms with van der Waals surface area (Å²) in [6.07, 6.45) is 5.71. The van der Waals surface area contributed by atoms with E-state index >= 15 is 0 Å². The highest BCUT2D eigenvalue weighted by molar-refractivity contribution is 14.1. The smallest absolute Gasteiger partial charge is 0.0471 e. The number of rotatable bonds is 4. The first-order valence-corrected chi connectivity index (χ1v) is 5.53. The average molecular weight is 266 g/mol. The average Bonchev–Trinajstić information content (AvgIpc) is 1.82. The summed E-state index contributed by atoms with van der Waals surface area (Å²) in [4.78, 5) is 0. The molecule has 0 amide bonds. The Morgan fingerprint density at radius 2 is 2.00 bits per heavy atom. The molecule has 0 N–H and O–H groups in total. The molecule has 3 fully saturated rings. The first-order chi connectivity index (χ1) is 5.18. The minimum atomic E-state index is 0.740. The van der Waals surface area contributed by atoms with Crippen LogP contribution in [0, 0.1) is 5.41 Å². The summed E-state index contributed by atoms with van der Waals surface area (Å²) < 4.78 is 6.10. The van der Waals surface area contributed by atoms with Crippen LogP contribution >= 0.6 is 22.6 Å². The van der Waals surface area contributed by atoms with Crippen molar-refractivity contribution < 1.29 is 4.74 Å². The van der Waals surface area contributed by atoms with E-state index < -0.39 is 0 Å². The number of alkyl halides is 1. The third-order valence-electron chi connectivity index (χ3n) is 3.06. The van der Waals surface area contributed by atoms with Crippen molar-refractivity contribution in [2.24, 2.45) is 5.41 Å². The molecule has 2 heteroatoms. The molecular weight excluding hydrogens is 251 g/mol. The van der Waals surface area contributed by atoms with Crippen molar-refractivity contribution in [2.75, 3.05) is 13.2 Å². The molecule has 0 saturated heterocycles. The molecule has 1 nitrogen and oxygen atoms in total. The number of ether oxygens (including phenoxy) is 1. The SMILES string of the molecule is CCOCCC12CC(I)(C1)C2. The summed E-state index contributed by atoms with van der Waals surface area (Å²) in [7, 11) is 0. The number of hydrogen-bond donors (Lipinski definition) is 0. The maximum atomic E-state index is 5.36. The van der Waals surface area contributed by atoms with Crippen molar-refractivity contribution >= 4 is 22.6 Å². The molecule has 3 rings (SSSR count). The standard InChI is InChI=1S/C9H15IO/c1-2-11-4-3-8-5-9(10,6-8)7-8/h2-7H2,1H3. The highest BCUT2D eigenvalue weighted by Crippen LogP contribution is 2.73. The third-order valence-corrected chi connectivity index (χ3v) is 4.20. The molecule has 3 aliphatic rings. The Labute approximate surface area is 82.0 Å². The van der Waals surface area contributed by atoms with Crippen LogP contribution in [0.3, 0.4) is 0 Å². The van der Waals surface area contributed by atoms with E-state index in [2.05, 4.69) is 29.5 Å². The molecule has 0 radical (unpaired) electrons. The van der Waals surface area contributed by atoms with Crippen LogP contribution in [0.1, 0.15) is 32.6 Å². The molecule has 0 aromatic carbocycles. The molecule has 64 valence electrons. The minimum Gasteiger partial charge on any atom is -0.382 e. The molecule has 3 saturated carbocycles. The third kappa shape index (κ3) is 1.32. The van der Waals surface area contributed by atoms with Gasteiger partial charge in [0.05, 0.1) is 0 Å². The van der Waals surface area contributed by atoms with E-state index in [1.165, 1.54) is 25.7 Å². The zero-order chi connectivity index (χ0) is 7.95. The van der Waals surface area contributed by atoms with Crippen LogP contribution in [0.5, 0.6) is 0 Å². The summed E-state index contributed by atoms with van der Waals surface area (Å²) in [5.74, 6) is 0. The van der Waals surface area contributed by atoms with Gasteiger partial charge in [0, 0.05) is 16.6 Å². The highest BCUT2D eigenvalue weighted by atomic mass is 127. The molecule has 0 spiro atoms. The van der Waals surface area contributed by atoms with E-state index in [0.29, 0.717) is 0 Å². The van der Waals surface area contributed by atoms with Gasteiger partial charge in [0.2, 0.25) is 0 Å². The Hall–Kier alpha value is 0.690. The van der Waals surface area contributed by atoms with E-state index in [1.807, 2.05) is 0 Å². The molecule has 0 aromatic rings. The van der Waals surface area contributed by atoms with Crippen LogP contribution in [-0.2, 0) is 4.74 Å². The van der Waals surface area contributed by atoms with E-state index in [0.717, 1.165) is 22.1 Å². The van der Waals surface area contributed by atoms with Crippen LogP contribution in [0.4, 0.5) is 0 Å². The van der Waals surface area contributed by atoms with Crippen LogP contribution in [0.2, 0.25) is 0 Å². The Kier molecular flexibility index (Phi) is 1.95. The maximum Gasteiger partial charge on any atom is 0.0471 e. The fourth-order valence-electron chi connectivity index (χ4n) is 2.56. The van der Waals surface area contributed by atoms with Crippen LogP contribution < -0.4 is 0 Å². The van der Waals surface area contributed by atoms with Gasteiger partial charge in [0.25, 0.3) is 0 Å². The predicted octanol–water partition coefficient (Wildman–Crippen LogP) is 2.77. The molecule has 0 aromatic heterocycles. The lowest BCUT2D eigenvalue weighted by atomic mass is 9.43. The summed E-state index contributed by atoms with van der Waals surface area (Å²) in [5, 5.41) is 0. The molecule has 11 heavy (non-hydrogen) atoms. The van der Waals surface area contributed by atoms with E-state index in [1.54, 1.807) is 0 Å². The fraction of sp³-hybridized carbons (Fsp3) is 1.00. The molecule has 2 bridgehead atoms. The second-order valence-electron chi connectivity index (χ2n) is 4.13. The molecule has 0 aliphatic heterocycles. The van der Waals surface area contributed by atoms with Crippen LogP contribution in [0.25, 0.3) is 0 Å². The fourth-order valence-corrected chi connectivity index (χ4v) is 4.99. The van der Waals surface area contributed by atoms with Gasteiger partial charge in [-0.25, -0.2) is 0 Å². The van der Waals surface area contributed by atoms with Crippen molar-refractivity contribution in [3.8, 4) is 0 Å². The number of hydrogen-bond acceptors (Lipinski definition) is 1. The van der Waals surface area contributed by atoms with Gasteiger partial charge in [-0.3, -0.25) is 0 Å². The van der Waals surface area contributed by atoms with Gasteiger partial charge in [-0.15, -0.1) is 0 Å². The quantitative estimate of drug-likeness (QED) is 0.432. The molecule has 0 heterocycles. The van der Waals surface area contributed by atoms with Crippen LogP contribution in [-0.4, -0.2) is 16.6 Å². The van der Waals surface area contributed by atoms with Crippen molar-refractivity contribution in [1.29, 1.82) is 0 Å². The van der Waals surface area contributed by atoms with Crippen molar-refractivity contribution in [3.05, 3.63) is 0 Å². The maximum absolute atomic E-state index is 5.36. The van der Waals surface area contributed by atoms with Crippen molar-refractivity contribution in [3.63, 3.8) is 0 Å². The number of halogens is 1. The van der Waals surface area contributed by atoms with Gasteiger partial charge in [-0.2, -0.15) is 0 Å². The van der Waals surface area contributed by atoms with Crippen LogP contribution in [0.15, 0.2) is 0 Å². The predicted molar refractivity (Wildman–Crippen MR) is 54.1 cm³/mol. The minimum absolute atomic E-state index is 0.740. The second-order valence-corrected chi connectivity index (χ2v) is 6.42. The lowest BCUT2D eigenvalue weighted by Crippen LogP contribution is -2.63. The molecular formula is C9H15IO. The normalized spacial score (nSPS) is 46.4. The van der Waals surface area contributed by atoms with E-state index in [-0.39, 0.29) is 0 Å². The summed E-state index contributed by atoms with van der Waals surface area (Å²) in [6.45, 7) is 3.94.